The molecule has 2 saturated heterocycles. The molecular formula is C24H29N3O3. The van der Waals surface area contributed by atoms with Crippen LogP contribution < -0.4 is 10.6 Å². The van der Waals surface area contributed by atoms with Crippen molar-refractivity contribution in [2.45, 2.75) is 64.2 Å². The smallest absolute Gasteiger partial charge is 0.268 e. The van der Waals surface area contributed by atoms with Crippen LogP contribution in [0.1, 0.15) is 51.4 Å². The highest BCUT2D eigenvalue weighted by molar-refractivity contribution is 6.08. The predicted molar refractivity (Wildman–Crippen MR) is 118 cm³/mol. The third-order valence-electron chi connectivity index (χ3n) is 6.18. The summed E-state index contributed by atoms with van der Waals surface area (Å²) in [5.41, 5.74) is 3.79. The van der Waals surface area contributed by atoms with E-state index in [1.54, 1.807) is 13.0 Å². The molecule has 0 aliphatic carbocycles. The molecule has 0 saturated carbocycles. The van der Waals surface area contributed by atoms with Crippen LogP contribution >= 0.6 is 0 Å². The molecule has 2 aliphatic rings. The Labute approximate surface area is 176 Å². The number of ether oxygens (including phenoxy) is 1. The van der Waals surface area contributed by atoms with Crippen LogP contribution in [0.4, 0.5) is 0 Å². The first-order valence-corrected chi connectivity index (χ1v) is 10.3. The number of aromatic nitrogens is 1. The Balaban J connectivity index is 1.83. The van der Waals surface area contributed by atoms with Gasteiger partial charge in [0, 0.05) is 34.0 Å². The maximum absolute atomic E-state index is 12.5. The highest BCUT2D eigenvalue weighted by Gasteiger charge is 2.47. The molecule has 0 bridgehead atoms. The highest BCUT2D eigenvalue weighted by atomic mass is 16.6. The van der Waals surface area contributed by atoms with Gasteiger partial charge in [0.1, 0.15) is 11.7 Å². The first-order chi connectivity index (χ1) is 14.0. The number of epoxide rings is 1. The van der Waals surface area contributed by atoms with Crippen molar-refractivity contribution in [1.29, 1.82) is 0 Å². The highest BCUT2D eigenvalue weighted by Crippen LogP contribution is 2.39. The Morgan fingerprint density at radius 1 is 1.27 bits per heavy atom. The molecule has 2 aliphatic heterocycles. The lowest BCUT2D eigenvalue weighted by molar-refractivity contribution is -0.130. The lowest BCUT2D eigenvalue weighted by atomic mass is 9.86. The maximum Gasteiger partial charge on any atom is 0.268 e. The summed E-state index contributed by atoms with van der Waals surface area (Å²) in [7, 11) is 0. The van der Waals surface area contributed by atoms with Gasteiger partial charge >= 0.3 is 0 Å². The van der Waals surface area contributed by atoms with Gasteiger partial charge in [0.25, 0.3) is 5.91 Å². The summed E-state index contributed by atoms with van der Waals surface area (Å²) in [4.78, 5) is 28.1. The topological polar surface area (TPSA) is 86.5 Å². The van der Waals surface area contributed by atoms with Gasteiger partial charge in [-0.2, -0.15) is 0 Å². The SMILES string of the molecule is C=CC(C)(C)c1[nH]c2ccc(CC3OC3(C)C)cc2c1/C=C1\NC(=O)C(C)NC1=O. The Bertz CT molecular complexity index is 1090. The van der Waals surface area contributed by atoms with Crippen molar-refractivity contribution in [2.75, 3.05) is 0 Å². The van der Waals surface area contributed by atoms with E-state index >= 15 is 0 Å². The van der Waals surface area contributed by atoms with Crippen LogP contribution in [0.5, 0.6) is 0 Å². The summed E-state index contributed by atoms with van der Waals surface area (Å²) in [5.74, 6) is -0.512. The summed E-state index contributed by atoms with van der Waals surface area (Å²) in [6, 6.07) is 5.76. The molecule has 6 heteroatoms. The molecule has 0 radical (unpaired) electrons. The van der Waals surface area contributed by atoms with E-state index in [2.05, 4.69) is 68.1 Å². The Morgan fingerprint density at radius 3 is 2.60 bits per heavy atom. The van der Waals surface area contributed by atoms with Crippen LogP contribution in [0, 0.1) is 0 Å². The largest absolute Gasteiger partial charge is 0.366 e. The lowest BCUT2D eigenvalue weighted by Crippen LogP contribution is -2.53. The molecule has 0 spiro atoms. The minimum Gasteiger partial charge on any atom is -0.366 e. The van der Waals surface area contributed by atoms with E-state index in [1.165, 1.54) is 5.56 Å². The number of piperazine rings is 1. The molecule has 30 heavy (non-hydrogen) atoms. The second-order valence-electron chi connectivity index (χ2n) is 9.38. The summed E-state index contributed by atoms with van der Waals surface area (Å²) in [6.07, 6.45) is 4.69. The molecular weight excluding hydrogens is 378 g/mol. The van der Waals surface area contributed by atoms with E-state index in [-0.39, 0.29) is 34.6 Å². The molecule has 3 N–H and O–H groups in total. The number of benzene rings is 1. The molecule has 1 aromatic carbocycles. The standard InChI is InChI=1S/C24H29N3O3/c1-7-23(3,4)20-16(12-18-22(29)25-13(2)21(28)27-18)15-10-14(8-9-17(15)26-20)11-19-24(5,6)30-19/h7-10,12-13,19,26H,1,11H2,2-6H3,(H,25,29)(H,27,28)/b18-12-. The summed E-state index contributed by atoms with van der Waals surface area (Å²) >= 11 is 0. The molecule has 6 nitrogen and oxygen atoms in total. The number of carbonyl (C=O) groups excluding carboxylic acids is 2. The fraction of sp³-hybridized carbons (Fsp3) is 0.417. The normalized spacial score (nSPS) is 24.6. The van der Waals surface area contributed by atoms with Crippen LogP contribution in [0.15, 0.2) is 36.6 Å². The summed E-state index contributed by atoms with van der Waals surface area (Å²) < 4.78 is 5.75. The number of rotatable bonds is 5. The van der Waals surface area contributed by atoms with Crippen LogP contribution in [-0.2, 0) is 26.2 Å². The zero-order valence-corrected chi connectivity index (χ0v) is 18.2. The number of carbonyl (C=O) groups is 2. The molecule has 2 aromatic rings. The van der Waals surface area contributed by atoms with Crippen molar-refractivity contribution < 1.29 is 14.3 Å². The molecule has 2 unspecified atom stereocenters. The van der Waals surface area contributed by atoms with Gasteiger partial charge in [-0.3, -0.25) is 9.59 Å². The van der Waals surface area contributed by atoms with E-state index in [4.69, 9.17) is 4.74 Å². The third kappa shape index (κ3) is 3.56. The number of H-pyrrole nitrogens is 1. The quantitative estimate of drug-likeness (QED) is 0.404. The maximum atomic E-state index is 12.5. The molecule has 158 valence electrons. The van der Waals surface area contributed by atoms with Gasteiger partial charge in [0.15, 0.2) is 0 Å². The van der Waals surface area contributed by atoms with Gasteiger partial charge in [-0.15, -0.1) is 6.58 Å². The minimum atomic E-state index is -0.546. The average molecular weight is 408 g/mol. The summed E-state index contributed by atoms with van der Waals surface area (Å²) in [6.45, 7) is 14.0. The second kappa shape index (κ2) is 6.84. The molecule has 4 rings (SSSR count). The van der Waals surface area contributed by atoms with Crippen molar-refractivity contribution in [3.63, 3.8) is 0 Å². The van der Waals surface area contributed by atoms with E-state index in [9.17, 15) is 9.59 Å². The van der Waals surface area contributed by atoms with Crippen LogP contribution in [-0.4, -0.2) is 34.5 Å². The Kier molecular flexibility index (Phi) is 4.66. The number of hydrogen-bond acceptors (Lipinski definition) is 3. The number of amides is 2. The van der Waals surface area contributed by atoms with Crippen LogP contribution in [0.2, 0.25) is 0 Å². The molecule has 2 fully saturated rings. The first kappa shape index (κ1) is 20.4. The average Bonchev–Trinajstić information content (AvgIpc) is 3.11. The Morgan fingerprint density at radius 2 is 1.97 bits per heavy atom. The van der Waals surface area contributed by atoms with E-state index in [1.807, 2.05) is 6.08 Å². The van der Waals surface area contributed by atoms with E-state index in [0.717, 1.165) is 28.6 Å². The number of nitrogens with one attached hydrogen (secondary N) is 3. The van der Waals surface area contributed by atoms with Crippen molar-refractivity contribution in [3.05, 3.63) is 53.4 Å². The molecule has 2 amide bonds. The van der Waals surface area contributed by atoms with E-state index < -0.39 is 6.04 Å². The van der Waals surface area contributed by atoms with Crippen molar-refractivity contribution in [2.24, 2.45) is 0 Å². The summed E-state index contributed by atoms with van der Waals surface area (Å²) in [5, 5.41) is 6.44. The molecule has 2 atom stereocenters. The first-order valence-electron chi connectivity index (χ1n) is 10.3. The second-order valence-corrected chi connectivity index (χ2v) is 9.38. The molecule has 1 aromatic heterocycles. The fourth-order valence-electron chi connectivity index (χ4n) is 3.86. The number of hydrogen-bond donors (Lipinski definition) is 3. The van der Waals surface area contributed by atoms with Gasteiger partial charge in [-0.25, -0.2) is 0 Å². The monoisotopic (exact) mass is 407 g/mol. The van der Waals surface area contributed by atoms with Gasteiger partial charge in [0.2, 0.25) is 5.91 Å². The Hall–Kier alpha value is -2.86. The van der Waals surface area contributed by atoms with Gasteiger partial charge in [0.05, 0.1) is 11.7 Å². The molecule has 3 heterocycles. The fourth-order valence-corrected chi connectivity index (χ4v) is 3.86. The van der Waals surface area contributed by atoms with Crippen LogP contribution in [0.3, 0.4) is 0 Å². The number of allylic oxidation sites excluding steroid dienone is 1. The van der Waals surface area contributed by atoms with Gasteiger partial charge in [-0.1, -0.05) is 26.0 Å². The van der Waals surface area contributed by atoms with Crippen LogP contribution in [0.25, 0.3) is 17.0 Å². The predicted octanol–water partition coefficient (Wildman–Crippen LogP) is 3.33. The van der Waals surface area contributed by atoms with Crippen molar-refractivity contribution in [1.82, 2.24) is 15.6 Å². The third-order valence-corrected chi connectivity index (χ3v) is 6.18. The minimum absolute atomic E-state index is 0.0743. The zero-order chi connectivity index (χ0) is 21.8. The number of aromatic amines is 1. The zero-order valence-electron chi connectivity index (χ0n) is 18.2. The van der Waals surface area contributed by atoms with Gasteiger partial charge in [-0.05, 0) is 44.5 Å². The van der Waals surface area contributed by atoms with E-state index in [0.29, 0.717) is 0 Å². The van der Waals surface area contributed by atoms with Gasteiger partial charge < -0.3 is 20.4 Å². The van der Waals surface area contributed by atoms with Crippen molar-refractivity contribution >= 4 is 28.8 Å². The lowest BCUT2D eigenvalue weighted by Gasteiger charge is -2.23. The number of fused-ring (bicyclic) bond motifs is 1. The van der Waals surface area contributed by atoms with Crippen molar-refractivity contribution in [3.8, 4) is 0 Å².